The third-order valence-corrected chi connectivity index (χ3v) is 5.34. The topological polar surface area (TPSA) is 66.6 Å². The maximum Gasteiger partial charge on any atom is 0.248 e. The summed E-state index contributed by atoms with van der Waals surface area (Å²) < 4.78 is 0. The van der Waals surface area contributed by atoms with Gasteiger partial charge < -0.3 is 15.4 Å². The zero-order chi connectivity index (χ0) is 18.2. The van der Waals surface area contributed by atoms with Gasteiger partial charge in [0, 0.05) is 30.7 Å². The Morgan fingerprint density at radius 3 is 2.44 bits per heavy atom. The van der Waals surface area contributed by atoms with Crippen LogP contribution in [0.15, 0.2) is 36.0 Å². The first-order valence-corrected chi connectivity index (χ1v) is 9.26. The highest BCUT2D eigenvalue weighted by atomic mass is 16.1. The molecule has 2 unspecified atom stereocenters. The highest BCUT2D eigenvalue weighted by molar-refractivity contribution is 5.94. The molecule has 2 saturated heterocycles. The first-order chi connectivity index (χ1) is 12.0. The van der Waals surface area contributed by atoms with Crippen LogP contribution in [0.3, 0.4) is 0 Å². The molecule has 2 aliphatic rings. The molecule has 2 N–H and O–H groups in total. The lowest BCUT2D eigenvalue weighted by Crippen LogP contribution is -2.54. The van der Waals surface area contributed by atoms with Gasteiger partial charge in [0.2, 0.25) is 5.91 Å². The van der Waals surface area contributed by atoms with Crippen molar-refractivity contribution in [1.82, 2.24) is 9.80 Å². The van der Waals surface area contributed by atoms with Gasteiger partial charge in [-0.3, -0.25) is 9.69 Å². The summed E-state index contributed by atoms with van der Waals surface area (Å²) in [5, 5.41) is 0. The highest BCUT2D eigenvalue weighted by Gasteiger charge is 2.38. The van der Waals surface area contributed by atoms with E-state index in [1.54, 1.807) is 6.08 Å². The zero-order valence-electron chi connectivity index (χ0n) is 15.3. The van der Waals surface area contributed by atoms with Crippen molar-refractivity contribution in [3.05, 3.63) is 36.0 Å². The Balaban J connectivity index is 1.69. The zero-order valence-corrected chi connectivity index (χ0v) is 15.3. The van der Waals surface area contributed by atoms with E-state index in [1.807, 2.05) is 6.08 Å². The lowest BCUT2D eigenvalue weighted by Gasteiger charge is -2.40. The van der Waals surface area contributed by atoms with E-state index >= 15 is 0 Å². The number of piperazine rings is 1. The van der Waals surface area contributed by atoms with Crippen molar-refractivity contribution in [1.29, 1.82) is 0 Å². The predicted molar refractivity (Wildman–Crippen MR) is 101 cm³/mol. The number of carbonyl (C=O) groups is 2. The van der Waals surface area contributed by atoms with Crippen molar-refractivity contribution < 1.29 is 9.59 Å². The molecule has 2 atom stereocenters. The molecule has 0 radical (unpaired) electrons. The van der Waals surface area contributed by atoms with Crippen molar-refractivity contribution in [2.24, 2.45) is 5.73 Å². The molecule has 0 aromatic carbocycles. The number of carbonyl (C=O) groups excluding carboxylic acids is 2. The van der Waals surface area contributed by atoms with Crippen LogP contribution in [0.5, 0.6) is 0 Å². The van der Waals surface area contributed by atoms with Gasteiger partial charge in [0.1, 0.15) is 6.29 Å². The van der Waals surface area contributed by atoms with Crippen molar-refractivity contribution in [3.8, 4) is 0 Å². The van der Waals surface area contributed by atoms with E-state index in [9.17, 15) is 9.59 Å². The first-order valence-electron chi connectivity index (χ1n) is 9.26. The first kappa shape index (κ1) is 19.6. The van der Waals surface area contributed by atoms with E-state index in [1.165, 1.54) is 30.9 Å². The second-order valence-electron chi connectivity index (χ2n) is 7.17. The van der Waals surface area contributed by atoms with Crippen LogP contribution in [-0.2, 0) is 9.59 Å². The quantitative estimate of drug-likeness (QED) is 0.285. The predicted octanol–water partition coefficient (Wildman–Crippen LogP) is 2.05. The fourth-order valence-corrected chi connectivity index (χ4v) is 3.95. The maximum atomic E-state index is 11.1. The molecular formula is C20H31N3O2. The van der Waals surface area contributed by atoms with Gasteiger partial charge in [-0.1, -0.05) is 24.3 Å². The number of hydrogen-bond donors (Lipinski definition) is 1. The molecule has 5 heteroatoms. The van der Waals surface area contributed by atoms with Crippen LogP contribution in [0.25, 0.3) is 0 Å². The smallest absolute Gasteiger partial charge is 0.248 e. The Bertz CT molecular complexity index is 539. The summed E-state index contributed by atoms with van der Waals surface area (Å²) >= 11 is 0. The summed E-state index contributed by atoms with van der Waals surface area (Å²) in [7, 11) is 0. The van der Waals surface area contributed by atoms with Gasteiger partial charge in [-0.05, 0) is 51.6 Å². The van der Waals surface area contributed by atoms with Gasteiger partial charge in [-0.25, -0.2) is 0 Å². The van der Waals surface area contributed by atoms with Crippen LogP contribution in [0.4, 0.5) is 0 Å². The second-order valence-corrected chi connectivity index (χ2v) is 7.17. The third-order valence-electron chi connectivity index (χ3n) is 5.34. The normalized spacial score (nSPS) is 25.2. The molecule has 2 heterocycles. The number of primary amides is 1. The van der Waals surface area contributed by atoms with Crippen LogP contribution in [0, 0.1) is 0 Å². The van der Waals surface area contributed by atoms with Crippen LogP contribution in [0.1, 0.15) is 39.0 Å². The molecule has 25 heavy (non-hydrogen) atoms. The number of unbranched alkanes of at least 4 members (excludes halogenated alkanes) is 1. The minimum absolute atomic E-state index is 0.442. The van der Waals surface area contributed by atoms with Gasteiger partial charge in [0.25, 0.3) is 0 Å². The number of nitrogens with zero attached hydrogens (tertiary/aromatic N) is 2. The Labute approximate surface area is 151 Å². The van der Waals surface area contributed by atoms with E-state index in [4.69, 9.17) is 5.73 Å². The number of hydrogen-bond acceptors (Lipinski definition) is 4. The molecule has 0 spiro atoms. The average Bonchev–Trinajstić information content (AvgIpc) is 2.81. The molecule has 5 nitrogen and oxygen atoms in total. The van der Waals surface area contributed by atoms with Crippen molar-refractivity contribution in [3.63, 3.8) is 0 Å². The van der Waals surface area contributed by atoms with Crippen LogP contribution >= 0.6 is 0 Å². The maximum absolute atomic E-state index is 11.1. The molecule has 1 amide bonds. The molecule has 2 bridgehead atoms. The number of rotatable bonds is 10. The molecule has 0 aromatic heterocycles. The second kappa shape index (κ2) is 9.68. The lowest BCUT2D eigenvalue weighted by molar-refractivity contribution is -0.114. The summed E-state index contributed by atoms with van der Waals surface area (Å²) in [6, 6.07) is 1.14. The van der Waals surface area contributed by atoms with E-state index in [0.717, 1.165) is 38.8 Å². The Hall–Kier alpha value is -1.72. The van der Waals surface area contributed by atoms with Crippen LogP contribution < -0.4 is 5.73 Å². The fourth-order valence-electron chi connectivity index (χ4n) is 3.95. The average molecular weight is 345 g/mol. The summed E-state index contributed by atoms with van der Waals surface area (Å²) in [5.41, 5.74) is 6.95. The number of aldehydes is 1. The largest absolute Gasteiger partial charge is 0.366 e. The Morgan fingerprint density at radius 2 is 1.88 bits per heavy atom. The van der Waals surface area contributed by atoms with Crippen molar-refractivity contribution in [2.45, 2.75) is 51.1 Å². The van der Waals surface area contributed by atoms with Gasteiger partial charge >= 0.3 is 0 Å². The SMILES string of the molecule is C=C/C(=C\C=C(/C)CCCCN1CC2CCC(C1)N2CC=O)C(N)=O. The highest BCUT2D eigenvalue weighted by Crippen LogP contribution is 2.29. The minimum Gasteiger partial charge on any atom is -0.366 e. The molecule has 0 saturated carbocycles. The summed E-state index contributed by atoms with van der Waals surface area (Å²) in [4.78, 5) is 26.9. The standard InChI is InChI=1S/C20H31N3O2/c1-3-17(20(21)25)8-7-16(2)6-4-5-11-22-14-18-9-10-19(15-22)23(18)12-13-24/h3,7-8,13,18-19H,1,4-6,9-12,14-15H2,2H3,(H2,21,25)/b16-7+,17-8+. The third kappa shape index (κ3) is 5.65. The summed E-state index contributed by atoms with van der Waals surface area (Å²) in [6.45, 7) is 9.60. The monoisotopic (exact) mass is 345 g/mol. The van der Waals surface area contributed by atoms with Crippen molar-refractivity contribution >= 4 is 12.2 Å². The molecule has 138 valence electrons. The molecule has 2 fully saturated rings. The van der Waals surface area contributed by atoms with Crippen LogP contribution in [-0.4, -0.2) is 60.3 Å². The van der Waals surface area contributed by atoms with Crippen molar-refractivity contribution in [2.75, 3.05) is 26.2 Å². The number of nitrogens with two attached hydrogens (primary N) is 1. The van der Waals surface area contributed by atoms with Gasteiger partial charge in [-0.15, -0.1) is 0 Å². The van der Waals surface area contributed by atoms with E-state index in [2.05, 4.69) is 23.3 Å². The number of likely N-dealkylation sites (tertiary alicyclic amines) is 1. The van der Waals surface area contributed by atoms with E-state index in [-0.39, 0.29) is 0 Å². The van der Waals surface area contributed by atoms with Crippen LogP contribution in [0.2, 0.25) is 0 Å². The molecule has 0 aliphatic carbocycles. The summed E-state index contributed by atoms with van der Waals surface area (Å²) in [6.07, 6.45) is 12.0. The Kier molecular flexibility index (Phi) is 7.59. The number of amides is 1. The molecule has 2 rings (SSSR count). The molecular weight excluding hydrogens is 314 g/mol. The molecule has 2 aliphatic heterocycles. The van der Waals surface area contributed by atoms with Gasteiger partial charge in [-0.2, -0.15) is 0 Å². The number of allylic oxidation sites excluding steroid dienone is 3. The fraction of sp³-hybridized carbons (Fsp3) is 0.600. The van der Waals surface area contributed by atoms with E-state index < -0.39 is 5.91 Å². The lowest BCUT2D eigenvalue weighted by atomic mass is 10.1. The van der Waals surface area contributed by atoms with Gasteiger partial charge in [0.15, 0.2) is 0 Å². The Morgan fingerprint density at radius 1 is 1.20 bits per heavy atom. The number of fused-ring (bicyclic) bond motifs is 2. The summed E-state index contributed by atoms with van der Waals surface area (Å²) in [5.74, 6) is -0.442. The molecule has 0 aromatic rings. The minimum atomic E-state index is -0.442. The van der Waals surface area contributed by atoms with E-state index in [0.29, 0.717) is 24.2 Å². The van der Waals surface area contributed by atoms with Gasteiger partial charge in [0.05, 0.1) is 6.54 Å².